The second-order valence-corrected chi connectivity index (χ2v) is 4.54. The van der Waals surface area contributed by atoms with E-state index in [1.165, 1.54) is 0 Å². The van der Waals surface area contributed by atoms with E-state index in [1.54, 1.807) is 29.2 Å². The first-order valence-corrected chi connectivity index (χ1v) is 6.01. The predicted molar refractivity (Wildman–Crippen MR) is 67.6 cm³/mol. The van der Waals surface area contributed by atoms with Gasteiger partial charge in [-0.2, -0.15) is 0 Å². The number of amides is 2. The van der Waals surface area contributed by atoms with Crippen molar-refractivity contribution in [2.45, 2.75) is 0 Å². The first-order valence-electron chi connectivity index (χ1n) is 6.01. The number of hydrogen-bond acceptors (Lipinski definition) is 4. The zero-order chi connectivity index (χ0) is 13.8. The lowest BCUT2D eigenvalue weighted by Gasteiger charge is -2.38. The van der Waals surface area contributed by atoms with E-state index < -0.39 is 5.91 Å². The molecule has 0 atom stereocenters. The number of primary amides is 1. The number of nitrogens with zero attached hydrogens (tertiary/aromatic N) is 1. The molecule has 19 heavy (non-hydrogen) atoms. The number of rotatable bonds is 5. The molecule has 2 rings (SSSR count). The average Bonchev–Trinajstić information content (AvgIpc) is 2.35. The van der Waals surface area contributed by atoms with Gasteiger partial charge in [0, 0.05) is 31.2 Å². The Kier molecular flexibility index (Phi) is 4.01. The standard InChI is InChI=1S/C13H16N2O4/c14-12(17)8-19-11-3-1-10(2-4-11)13(18)15-5-9(6-15)7-16/h1-4,9,16H,5-8H2,(H2,14,17). The van der Waals surface area contributed by atoms with E-state index >= 15 is 0 Å². The molecule has 0 aliphatic carbocycles. The van der Waals surface area contributed by atoms with Gasteiger partial charge in [-0.1, -0.05) is 0 Å². The molecule has 0 radical (unpaired) electrons. The van der Waals surface area contributed by atoms with Crippen LogP contribution in [0.5, 0.6) is 5.75 Å². The second kappa shape index (κ2) is 5.71. The minimum absolute atomic E-state index is 0.0637. The summed E-state index contributed by atoms with van der Waals surface area (Å²) in [5.74, 6) is 0.0799. The number of carbonyl (C=O) groups is 2. The molecule has 1 aromatic carbocycles. The minimum atomic E-state index is -0.546. The van der Waals surface area contributed by atoms with Gasteiger partial charge in [0.25, 0.3) is 11.8 Å². The molecule has 1 aliphatic heterocycles. The third kappa shape index (κ3) is 3.23. The number of ether oxygens (including phenoxy) is 1. The van der Waals surface area contributed by atoms with Crippen molar-refractivity contribution >= 4 is 11.8 Å². The molecule has 0 aromatic heterocycles. The van der Waals surface area contributed by atoms with E-state index in [9.17, 15) is 9.59 Å². The van der Waals surface area contributed by atoms with Crippen LogP contribution in [0.15, 0.2) is 24.3 Å². The molecule has 1 aromatic rings. The van der Waals surface area contributed by atoms with Crippen LogP contribution in [0.2, 0.25) is 0 Å². The highest BCUT2D eigenvalue weighted by Crippen LogP contribution is 2.19. The largest absolute Gasteiger partial charge is 0.484 e. The summed E-state index contributed by atoms with van der Waals surface area (Å²) < 4.78 is 5.10. The smallest absolute Gasteiger partial charge is 0.255 e. The number of aliphatic hydroxyl groups excluding tert-OH is 1. The molecule has 3 N–H and O–H groups in total. The summed E-state index contributed by atoms with van der Waals surface area (Å²) in [6.07, 6.45) is 0. The number of aliphatic hydroxyl groups is 1. The SMILES string of the molecule is NC(=O)COc1ccc(C(=O)N2CC(CO)C2)cc1. The van der Waals surface area contributed by atoms with E-state index in [1.807, 2.05) is 0 Å². The van der Waals surface area contributed by atoms with E-state index in [4.69, 9.17) is 15.6 Å². The average molecular weight is 264 g/mol. The van der Waals surface area contributed by atoms with Crippen LogP contribution in [0, 0.1) is 5.92 Å². The van der Waals surface area contributed by atoms with Gasteiger partial charge in [0.15, 0.2) is 6.61 Å². The Morgan fingerprint density at radius 3 is 2.47 bits per heavy atom. The minimum Gasteiger partial charge on any atom is -0.484 e. The lowest BCUT2D eigenvalue weighted by atomic mass is 10.00. The maximum Gasteiger partial charge on any atom is 0.255 e. The summed E-state index contributed by atoms with van der Waals surface area (Å²) in [5.41, 5.74) is 5.52. The molecule has 0 saturated carbocycles. The molecule has 2 amide bonds. The van der Waals surface area contributed by atoms with Gasteiger partial charge in [-0.15, -0.1) is 0 Å². The fourth-order valence-corrected chi connectivity index (χ4v) is 1.88. The highest BCUT2D eigenvalue weighted by Gasteiger charge is 2.30. The fraction of sp³-hybridized carbons (Fsp3) is 0.385. The predicted octanol–water partition coefficient (Wildman–Crippen LogP) is -0.385. The number of likely N-dealkylation sites (tertiary alicyclic amines) is 1. The molecule has 1 saturated heterocycles. The molecule has 1 fully saturated rings. The van der Waals surface area contributed by atoms with Gasteiger partial charge in [-0.05, 0) is 24.3 Å². The van der Waals surface area contributed by atoms with Gasteiger partial charge in [0.05, 0.1) is 0 Å². The lowest BCUT2D eigenvalue weighted by Crippen LogP contribution is -2.51. The summed E-state index contributed by atoms with van der Waals surface area (Å²) in [6.45, 7) is 1.12. The number of nitrogens with two attached hydrogens (primary N) is 1. The molecule has 6 heteroatoms. The zero-order valence-corrected chi connectivity index (χ0v) is 10.4. The van der Waals surface area contributed by atoms with E-state index in [0.29, 0.717) is 24.4 Å². The van der Waals surface area contributed by atoms with Crippen molar-refractivity contribution in [2.75, 3.05) is 26.3 Å². The maximum atomic E-state index is 12.0. The molecule has 102 valence electrons. The second-order valence-electron chi connectivity index (χ2n) is 4.54. The fourth-order valence-electron chi connectivity index (χ4n) is 1.88. The Bertz CT molecular complexity index is 466. The maximum absolute atomic E-state index is 12.0. The van der Waals surface area contributed by atoms with Gasteiger partial charge < -0.3 is 20.5 Å². The summed E-state index contributed by atoms with van der Waals surface area (Å²) in [7, 11) is 0. The van der Waals surface area contributed by atoms with E-state index in [2.05, 4.69) is 0 Å². The van der Waals surface area contributed by atoms with Crippen molar-refractivity contribution in [1.82, 2.24) is 4.90 Å². The number of benzene rings is 1. The zero-order valence-electron chi connectivity index (χ0n) is 10.4. The van der Waals surface area contributed by atoms with Crippen LogP contribution in [0.1, 0.15) is 10.4 Å². The molecule has 0 bridgehead atoms. The molecular weight excluding hydrogens is 248 g/mol. The van der Waals surface area contributed by atoms with E-state index in [0.717, 1.165) is 0 Å². The van der Waals surface area contributed by atoms with Crippen molar-refractivity contribution in [1.29, 1.82) is 0 Å². The van der Waals surface area contributed by atoms with E-state index in [-0.39, 0.29) is 25.0 Å². The van der Waals surface area contributed by atoms with Gasteiger partial charge in [0.1, 0.15) is 5.75 Å². The Morgan fingerprint density at radius 1 is 1.32 bits per heavy atom. The van der Waals surface area contributed by atoms with Crippen LogP contribution >= 0.6 is 0 Å². The van der Waals surface area contributed by atoms with Crippen LogP contribution < -0.4 is 10.5 Å². The summed E-state index contributed by atoms with van der Waals surface area (Å²) >= 11 is 0. The van der Waals surface area contributed by atoms with Crippen LogP contribution in [-0.4, -0.2) is 48.1 Å². The van der Waals surface area contributed by atoms with Gasteiger partial charge >= 0.3 is 0 Å². The topological polar surface area (TPSA) is 92.9 Å². The molecule has 6 nitrogen and oxygen atoms in total. The first-order chi connectivity index (χ1) is 9.10. The monoisotopic (exact) mass is 264 g/mol. The summed E-state index contributed by atoms with van der Waals surface area (Å²) in [5, 5.41) is 8.90. The van der Waals surface area contributed by atoms with Crippen LogP contribution in [0.3, 0.4) is 0 Å². The van der Waals surface area contributed by atoms with Crippen LogP contribution in [0.25, 0.3) is 0 Å². The quantitative estimate of drug-likeness (QED) is 0.758. The van der Waals surface area contributed by atoms with Crippen LogP contribution in [-0.2, 0) is 4.79 Å². The van der Waals surface area contributed by atoms with Gasteiger partial charge in [-0.3, -0.25) is 9.59 Å². The Labute approximate surface area is 110 Å². The number of hydrogen-bond donors (Lipinski definition) is 2. The van der Waals surface area contributed by atoms with Crippen LogP contribution in [0.4, 0.5) is 0 Å². The summed E-state index contributed by atoms with van der Waals surface area (Å²) in [4.78, 5) is 24.2. The van der Waals surface area contributed by atoms with Crippen molar-refractivity contribution in [2.24, 2.45) is 11.7 Å². The van der Waals surface area contributed by atoms with Gasteiger partial charge in [0.2, 0.25) is 0 Å². The highest BCUT2D eigenvalue weighted by molar-refractivity contribution is 5.94. The third-order valence-corrected chi connectivity index (χ3v) is 2.98. The molecule has 1 heterocycles. The van der Waals surface area contributed by atoms with Crippen molar-refractivity contribution in [3.8, 4) is 5.75 Å². The summed E-state index contributed by atoms with van der Waals surface area (Å²) in [6, 6.07) is 6.54. The highest BCUT2D eigenvalue weighted by atomic mass is 16.5. The van der Waals surface area contributed by atoms with Crippen molar-refractivity contribution in [3.05, 3.63) is 29.8 Å². The molecule has 0 spiro atoms. The van der Waals surface area contributed by atoms with Gasteiger partial charge in [-0.25, -0.2) is 0 Å². The van der Waals surface area contributed by atoms with Crippen molar-refractivity contribution < 1.29 is 19.4 Å². The normalized spacial score (nSPS) is 14.9. The van der Waals surface area contributed by atoms with Crippen molar-refractivity contribution in [3.63, 3.8) is 0 Å². The first kappa shape index (κ1) is 13.4. The third-order valence-electron chi connectivity index (χ3n) is 2.98. The Morgan fingerprint density at radius 2 is 1.95 bits per heavy atom. The Balaban J connectivity index is 1.91. The number of carbonyl (C=O) groups excluding carboxylic acids is 2. The lowest BCUT2D eigenvalue weighted by molar-refractivity contribution is -0.119. The molecular formula is C13H16N2O4. The Hall–Kier alpha value is -2.08. The molecule has 1 aliphatic rings. The molecule has 0 unspecified atom stereocenters.